The summed E-state index contributed by atoms with van der Waals surface area (Å²) in [5, 5.41) is 25.2. The van der Waals surface area contributed by atoms with Crippen molar-refractivity contribution in [2.45, 2.75) is 64.4 Å². The van der Waals surface area contributed by atoms with Crippen LogP contribution in [0.1, 0.15) is 34.1 Å². The molecule has 12 nitrogen and oxygen atoms in total. The molecule has 0 aliphatic heterocycles. The van der Waals surface area contributed by atoms with Crippen LogP contribution in [0.25, 0.3) is 0 Å². The number of hydrogen-bond acceptors (Lipinski definition) is 7. The number of amides is 4. The van der Waals surface area contributed by atoms with Crippen molar-refractivity contribution in [1.82, 2.24) is 16.0 Å². The summed E-state index contributed by atoms with van der Waals surface area (Å²) in [6, 6.07) is -5.17. The molecule has 9 N–H and O–H groups in total. The second-order valence-electron chi connectivity index (χ2n) is 6.80. The highest BCUT2D eigenvalue weighted by Crippen LogP contribution is 2.02. The van der Waals surface area contributed by atoms with Crippen molar-refractivity contribution >= 4 is 29.6 Å². The molecule has 28 heavy (non-hydrogen) atoms. The van der Waals surface area contributed by atoms with Gasteiger partial charge in [-0.3, -0.25) is 24.0 Å². The van der Waals surface area contributed by atoms with Gasteiger partial charge in [0.1, 0.15) is 18.1 Å². The number of nitrogens with two attached hydrogens (primary N) is 2. The van der Waals surface area contributed by atoms with Crippen LogP contribution in [0.3, 0.4) is 0 Å². The Morgan fingerprint density at radius 2 is 1.43 bits per heavy atom. The smallest absolute Gasteiger partial charge is 0.325 e. The lowest BCUT2D eigenvalue weighted by molar-refractivity contribution is -0.142. The molecule has 0 aliphatic carbocycles. The van der Waals surface area contributed by atoms with Crippen molar-refractivity contribution in [3.8, 4) is 0 Å². The van der Waals surface area contributed by atoms with Crippen molar-refractivity contribution < 1.29 is 34.2 Å². The van der Waals surface area contributed by atoms with Crippen molar-refractivity contribution in [3.63, 3.8) is 0 Å². The quantitative estimate of drug-likeness (QED) is 0.186. The number of carboxylic acid groups (broad SMARTS) is 1. The van der Waals surface area contributed by atoms with E-state index in [1.807, 2.05) is 0 Å². The highest BCUT2D eigenvalue weighted by atomic mass is 16.4. The van der Waals surface area contributed by atoms with Crippen molar-refractivity contribution in [2.75, 3.05) is 0 Å². The van der Waals surface area contributed by atoms with Crippen LogP contribution in [0.5, 0.6) is 0 Å². The Labute approximate surface area is 162 Å². The Kier molecular flexibility index (Phi) is 10.1. The van der Waals surface area contributed by atoms with Gasteiger partial charge < -0.3 is 37.6 Å². The number of aliphatic carboxylic acids is 1. The number of aliphatic hydroxyl groups excluding tert-OH is 1. The zero-order valence-electron chi connectivity index (χ0n) is 16.3. The minimum Gasteiger partial charge on any atom is -0.480 e. The van der Waals surface area contributed by atoms with E-state index in [0.717, 1.165) is 0 Å². The molecule has 0 aromatic carbocycles. The average molecular weight is 403 g/mol. The predicted octanol–water partition coefficient (Wildman–Crippen LogP) is -3.22. The highest BCUT2D eigenvalue weighted by Gasteiger charge is 2.32. The molecule has 0 aromatic heterocycles. The normalized spacial score (nSPS) is 16.2. The maximum atomic E-state index is 12.5. The van der Waals surface area contributed by atoms with Crippen LogP contribution in [0.4, 0.5) is 0 Å². The lowest BCUT2D eigenvalue weighted by atomic mass is 10.0. The van der Waals surface area contributed by atoms with E-state index in [1.165, 1.54) is 13.8 Å². The van der Waals surface area contributed by atoms with E-state index in [4.69, 9.17) is 16.6 Å². The molecule has 0 heterocycles. The van der Waals surface area contributed by atoms with E-state index in [0.29, 0.717) is 0 Å². The fraction of sp³-hybridized carbons (Fsp3) is 0.688. The summed E-state index contributed by atoms with van der Waals surface area (Å²) in [6.45, 7) is 5.77. The van der Waals surface area contributed by atoms with Gasteiger partial charge in [0.2, 0.25) is 23.6 Å². The third kappa shape index (κ3) is 8.31. The standard InChI is InChI=1S/C16H29N5O7/c1-6(2)11(18)14(25)20-9(5-10(17)23)13(24)21-12(8(4)22)15(26)19-7(3)16(27)28/h6-9,11-12,22H,5,18H2,1-4H3,(H2,17,23)(H,19,26)(H,20,25)(H,21,24)(H,27,28). The molecule has 0 bridgehead atoms. The number of carbonyl (C=O) groups excluding carboxylic acids is 4. The molecule has 0 radical (unpaired) electrons. The Bertz CT molecular complexity index is 608. The fourth-order valence-corrected chi connectivity index (χ4v) is 2.01. The predicted molar refractivity (Wildman–Crippen MR) is 97.4 cm³/mol. The molecular formula is C16H29N5O7. The lowest BCUT2D eigenvalue weighted by Gasteiger charge is -2.26. The van der Waals surface area contributed by atoms with Crippen LogP contribution in [0.15, 0.2) is 0 Å². The summed E-state index contributed by atoms with van der Waals surface area (Å²) in [4.78, 5) is 58.8. The number of primary amides is 1. The Balaban J connectivity index is 5.32. The van der Waals surface area contributed by atoms with E-state index < -0.39 is 66.3 Å². The SMILES string of the molecule is CC(NC(=O)C(NC(=O)C(CC(N)=O)NC(=O)C(N)C(C)C)C(C)O)C(=O)O. The van der Waals surface area contributed by atoms with Crippen molar-refractivity contribution in [3.05, 3.63) is 0 Å². The fourth-order valence-electron chi connectivity index (χ4n) is 2.01. The molecule has 0 aliphatic rings. The first kappa shape index (κ1) is 25.3. The molecule has 0 saturated carbocycles. The zero-order valence-corrected chi connectivity index (χ0v) is 16.3. The van der Waals surface area contributed by atoms with Crippen LogP contribution in [0, 0.1) is 5.92 Å². The molecule has 160 valence electrons. The zero-order chi connectivity index (χ0) is 22.2. The number of carbonyl (C=O) groups is 5. The summed E-state index contributed by atoms with van der Waals surface area (Å²) < 4.78 is 0. The van der Waals surface area contributed by atoms with Crippen LogP contribution < -0.4 is 27.4 Å². The second-order valence-corrected chi connectivity index (χ2v) is 6.80. The first-order valence-electron chi connectivity index (χ1n) is 8.63. The molecule has 4 amide bonds. The lowest BCUT2D eigenvalue weighted by Crippen LogP contribution is -2.60. The molecule has 5 atom stereocenters. The topological polar surface area (TPSA) is 214 Å². The van der Waals surface area contributed by atoms with Gasteiger partial charge in [0.15, 0.2) is 0 Å². The van der Waals surface area contributed by atoms with Crippen LogP contribution in [-0.2, 0) is 24.0 Å². The molecule has 0 spiro atoms. The van der Waals surface area contributed by atoms with Gasteiger partial charge in [-0.2, -0.15) is 0 Å². The first-order valence-corrected chi connectivity index (χ1v) is 8.63. The molecule has 5 unspecified atom stereocenters. The Morgan fingerprint density at radius 3 is 1.82 bits per heavy atom. The third-order valence-electron chi connectivity index (χ3n) is 3.85. The summed E-state index contributed by atoms with van der Waals surface area (Å²) in [6.07, 6.45) is -1.96. The maximum Gasteiger partial charge on any atom is 0.325 e. The largest absolute Gasteiger partial charge is 0.480 e. The van der Waals surface area contributed by atoms with Crippen molar-refractivity contribution in [2.24, 2.45) is 17.4 Å². The van der Waals surface area contributed by atoms with Crippen LogP contribution in [0.2, 0.25) is 0 Å². The number of aliphatic hydroxyl groups is 1. The van der Waals surface area contributed by atoms with Crippen molar-refractivity contribution in [1.29, 1.82) is 0 Å². The van der Waals surface area contributed by atoms with Gasteiger partial charge in [-0.05, 0) is 19.8 Å². The van der Waals surface area contributed by atoms with Gasteiger partial charge in [0.05, 0.1) is 18.6 Å². The summed E-state index contributed by atoms with van der Waals surface area (Å²) >= 11 is 0. The van der Waals surface area contributed by atoms with E-state index in [-0.39, 0.29) is 5.92 Å². The van der Waals surface area contributed by atoms with Crippen LogP contribution >= 0.6 is 0 Å². The summed E-state index contributed by atoms with van der Waals surface area (Å²) in [5.74, 6) is -5.07. The van der Waals surface area contributed by atoms with Gasteiger partial charge in [0.25, 0.3) is 0 Å². The number of carboxylic acids is 1. The minimum absolute atomic E-state index is 0.245. The van der Waals surface area contributed by atoms with Gasteiger partial charge in [-0.1, -0.05) is 13.8 Å². The maximum absolute atomic E-state index is 12.5. The molecular weight excluding hydrogens is 374 g/mol. The van der Waals surface area contributed by atoms with Crippen LogP contribution in [-0.4, -0.2) is 70.1 Å². The molecule has 0 rings (SSSR count). The second kappa shape index (κ2) is 11.2. The third-order valence-corrected chi connectivity index (χ3v) is 3.85. The van der Waals surface area contributed by atoms with Gasteiger partial charge in [0, 0.05) is 0 Å². The molecule has 0 fully saturated rings. The van der Waals surface area contributed by atoms with E-state index in [2.05, 4.69) is 16.0 Å². The highest BCUT2D eigenvalue weighted by molar-refractivity contribution is 5.96. The monoisotopic (exact) mass is 403 g/mol. The summed E-state index contributed by atoms with van der Waals surface area (Å²) in [5.41, 5.74) is 10.8. The van der Waals surface area contributed by atoms with Gasteiger partial charge >= 0.3 is 5.97 Å². The molecule has 0 aromatic rings. The summed E-state index contributed by atoms with van der Waals surface area (Å²) in [7, 11) is 0. The molecule has 12 heteroatoms. The molecule has 0 saturated heterocycles. The van der Waals surface area contributed by atoms with E-state index in [9.17, 15) is 29.1 Å². The van der Waals surface area contributed by atoms with Gasteiger partial charge in [-0.15, -0.1) is 0 Å². The van der Waals surface area contributed by atoms with Gasteiger partial charge in [-0.25, -0.2) is 0 Å². The first-order chi connectivity index (χ1) is 12.8. The Hall–Kier alpha value is -2.73. The number of nitrogens with one attached hydrogen (secondary N) is 3. The Morgan fingerprint density at radius 1 is 0.893 bits per heavy atom. The number of hydrogen-bond donors (Lipinski definition) is 7. The average Bonchev–Trinajstić information content (AvgIpc) is 2.56. The van der Waals surface area contributed by atoms with E-state index in [1.54, 1.807) is 13.8 Å². The number of rotatable bonds is 11. The minimum atomic E-state index is -1.53. The van der Waals surface area contributed by atoms with E-state index >= 15 is 0 Å².